The number of hydrogen-bond acceptors (Lipinski definition) is 2. The van der Waals surface area contributed by atoms with E-state index in [2.05, 4.69) is 0 Å². The topological polar surface area (TPSA) is 49.3 Å². The molecule has 0 bridgehead atoms. The fourth-order valence-corrected chi connectivity index (χ4v) is 0.685. The van der Waals surface area contributed by atoms with Gasteiger partial charge in [-0.2, -0.15) is 13.2 Å². The first-order valence-corrected chi connectivity index (χ1v) is 3.90. The van der Waals surface area contributed by atoms with Crippen molar-refractivity contribution < 1.29 is 23.1 Å². The Morgan fingerprint density at radius 1 is 1.31 bits per heavy atom. The van der Waals surface area contributed by atoms with Crippen LogP contribution in [0.15, 0.2) is 0 Å². The number of hydrogen-bond donors (Lipinski definition) is 2. The number of halogens is 3. The number of unbranched alkanes of at least 4 members (excludes halogenated alkanes) is 1. The van der Waals surface area contributed by atoms with Crippen LogP contribution in [0.3, 0.4) is 0 Å². The highest BCUT2D eigenvalue weighted by molar-refractivity contribution is 5.75. The maximum atomic E-state index is 11.5. The Hall–Kier alpha value is -0.780. The number of alkyl halides is 3. The molecule has 0 aromatic heterocycles. The van der Waals surface area contributed by atoms with Gasteiger partial charge in [-0.05, 0) is 12.8 Å². The van der Waals surface area contributed by atoms with E-state index in [0.717, 1.165) is 0 Å². The van der Waals surface area contributed by atoms with Gasteiger partial charge in [0.2, 0.25) is 5.91 Å². The minimum absolute atomic E-state index is 0.0244. The molecule has 0 rings (SSSR count). The van der Waals surface area contributed by atoms with Crippen molar-refractivity contribution in [3.63, 3.8) is 0 Å². The van der Waals surface area contributed by atoms with E-state index in [9.17, 15) is 18.0 Å². The molecule has 0 aromatic rings. The quantitative estimate of drug-likeness (QED) is 0.644. The number of nitrogens with one attached hydrogen (secondary N) is 1. The van der Waals surface area contributed by atoms with Crippen molar-refractivity contribution in [3.05, 3.63) is 0 Å². The van der Waals surface area contributed by atoms with Gasteiger partial charge in [0.1, 0.15) is 6.54 Å². The fraction of sp³-hybridized carbons (Fsp3) is 0.857. The summed E-state index contributed by atoms with van der Waals surface area (Å²) in [7, 11) is 0. The van der Waals surface area contributed by atoms with Gasteiger partial charge in [-0.1, -0.05) is 0 Å². The van der Waals surface area contributed by atoms with Crippen LogP contribution in [0.4, 0.5) is 13.2 Å². The molecule has 0 heterocycles. The van der Waals surface area contributed by atoms with Crippen LogP contribution >= 0.6 is 0 Å². The third-order valence-corrected chi connectivity index (χ3v) is 1.30. The maximum Gasteiger partial charge on any atom is 0.405 e. The summed E-state index contributed by atoms with van der Waals surface area (Å²) in [5.41, 5.74) is 0. The second-order valence-electron chi connectivity index (χ2n) is 2.57. The number of aliphatic hydroxyl groups excluding tert-OH is 1. The highest BCUT2D eigenvalue weighted by atomic mass is 19.4. The van der Waals surface area contributed by atoms with Crippen LogP contribution in [-0.4, -0.2) is 30.3 Å². The largest absolute Gasteiger partial charge is 0.405 e. The lowest BCUT2D eigenvalue weighted by Crippen LogP contribution is -2.33. The van der Waals surface area contributed by atoms with Crippen molar-refractivity contribution in [2.45, 2.75) is 25.4 Å². The summed E-state index contributed by atoms with van der Waals surface area (Å²) < 4.78 is 34.6. The van der Waals surface area contributed by atoms with Crippen molar-refractivity contribution in [2.24, 2.45) is 0 Å². The normalized spacial score (nSPS) is 11.4. The van der Waals surface area contributed by atoms with Crippen molar-refractivity contribution in [1.29, 1.82) is 0 Å². The van der Waals surface area contributed by atoms with Gasteiger partial charge < -0.3 is 10.4 Å². The molecule has 0 saturated heterocycles. The molecule has 13 heavy (non-hydrogen) atoms. The molecule has 6 heteroatoms. The number of carbonyl (C=O) groups excluding carboxylic acids is 1. The molecule has 0 unspecified atom stereocenters. The van der Waals surface area contributed by atoms with Gasteiger partial charge in [-0.15, -0.1) is 0 Å². The number of carbonyl (C=O) groups is 1. The van der Waals surface area contributed by atoms with E-state index in [0.29, 0.717) is 12.8 Å². The third-order valence-electron chi connectivity index (χ3n) is 1.30. The maximum absolute atomic E-state index is 11.5. The summed E-state index contributed by atoms with van der Waals surface area (Å²) in [5, 5.41) is 10.1. The Labute approximate surface area is 73.9 Å². The molecule has 0 spiro atoms. The van der Waals surface area contributed by atoms with Gasteiger partial charge >= 0.3 is 6.18 Å². The van der Waals surface area contributed by atoms with Gasteiger partial charge in [0, 0.05) is 13.0 Å². The van der Waals surface area contributed by atoms with E-state index in [4.69, 9.17) is 5.11 Å². The summed E-state index contributed by atoms with van der Waals surface area (Å²) in [6.07, 6.45) is -3.50. The van der Waals surface area contributed by atoms with Crippen LogP contribution in [-0.2, 0) is 4.79 Å². The van der Waals surface area contributed by atoms with Crippen molar-refractivity contribution in [2.75, 3.05) is 13.2 Å². The number of aliphatic hydroxyl groups is 1. The molecule has 0 aromatic carbocycles. The summed E-state index contributed by atoms with van der Waals surface area (Å²) in [6, 6.07) is 0. The lowest BCUT2D eigenvalue weighted by molar-refractivity contribution is -0.138. The van der Waals surface area contributed by atoms with Gasteiger partial charge in [-0.3, -0.25) is 4.79 Å². The van der Waals surface area contributed by atoms with Gasteiger partial charge in [0.15, 0.2) is 0 Å². The minimum atomic E-state index is -4.35. The van der Waals surface area contributed by atoms with E-state index >= 15 is 0 Å². The molecule has 0 aliphatic rings. The summed E-state index contributed by atoms with van der Waals surface area (Å²) in [4.78, 5) is 10.7. The summed E-state index contributed by atoms with van der Waals surface area (Å²) in [5.74, 6) is -0.634. The van der Waals surface area contributed by atoms with E-state index in [1.54, 1.807) is 5.32 Å². The van der Waals surface area contributed by atoms with Crippen molar-refractivity contribution >= 4 is 5.91 Å². The first kappa shape index (κ1) is 12.2. The zero-order valence-corrected chi connectivity index (χ0v) is 7.02. The van der Waals surface area contributed by atoms with Gasteiger partial charge in [0.25, 0.3) is 0 Å². The SMILES string of the molecule is O=C(CCCCO)NCC(F)(F)F. The zero-order valence-electron chi connectivity index (χ0n) is 7.02. The van der Waals surface area contributed by atoms with Crippen LogP contribution < -0.4 is 5.32 Å². The summed E-state index contributed by atoms with van der Waals surface area (Å²) >= 11 is 0. The predicted octanol–water partition coefficient (Wildman–Crippen LogP) is 0.828. The molecule has 0 fully saturated rings. The second-order valence-corrected chi connectivity index (χ2v) is 2.57. The Kier molecular flexibility index (Phi) is 5.45. The van der Waals surface area contributed by atoms with E-state index < -0.39 is 18.6 Å². The van der Waals surface area contributed by atoms with E-state index in [1.807, 2.05) is 0 Å². The smallest absolute Gasteiger partial charge is 0.396 e. The fourth-order valence-electron chi connectivity index (χ4n) is 0.685. The molecule has 0 saturated carbocycles. The van der Waals surface area contributed by atoms with E-state index in [1.165, 1.54) is 0 Å². The molecular weight excluding hydrogens is 187 g/mol. The van der Waals surface area contributed by atoms with Crippen molar-refractivity contribution in [1.82, 2.24) is 5.32 Å². The monoisotopic (exact) mass is 199 g/mol. The molecule has 78 valence electrons. The third kappa shape index (κ3) is 9.13. The molecule has 0 aliphatic carbocycles. The lowest BCUT2D eigenvalue weighted by atomic mass is 10.2. The Morgan fingerprint density at radius 3 is 2.38 bits per heavy atom. The Balaban J connectivity index is 3.41. The van der Waals surface area contributed by atoms with Gasteiger partial charge in [-0.25, -0.2) is 0 Å². The highest BCUT2D eigenvalue weighted by Crippen LogP contribution is 2.12. The minimum Gasteiger partial charge on any atom is -0.396 e. The average Bonchev–Trinajstić information content (AvgIpc) is 2.00. The molecule has 2 N–H and O–H groups in total. The van der Waals surface area contributed by atoms with Crippen LogP contribution in [0.2, 0.25) is 0 Å². The average molecular weight is 199 g/mol. The summed E-state index contributed by atoms with van der Waals surface area (Å²) in [6.45, 7) is -1.34. The first-order chi connectivity index (χ1) is 5.95. The Bertz CT molecular complexity index is 158. The predicted molar refractivity (Wildman–Crippen MR) is 40.0 cm³/mol. The van der Waals surface area contributed by atoms with Crippen molar-refractivity contribution in [3.8, 4) is 0 Å². The van der Waals surface area contributed by atoms with E-state index in [-0.39, 0.29) is 13.0 Å². The van der Waals surface area contributed by atoms with Gasteiger partial charge in [0.05, 0.1) is 0 Å². The standard InChI is InChI=1S/C7H12F3NO2/c8-7(9,10)5-11-6(13)3-1-2-4-12/h12H,1-5H2,(H,11,13). The second kappa shape index (κ2) is 5.80. The first-order valence-electron chi connectivity index (χ1n) is 3.90. The molecule has 3 nitrogen and oxygen atoms in total. The molecule has 0 atom stereocenters. The van der Waals surface area contributed by atoms with Crippen LogP contribution in [0.25, 0.3) is 0 Å². The number of amides is 1. The highest BCUT2D eigenvalue weighted by Gasteiger charge is 2.27. The van der Waals surface area contributed by atoms with Crippen LogP contribution in [0.1, 0.15) is 19.3 Å². The molecular formula is C7H12F3NO2. The molecule has 0 aliphatic heterocycles. The Morgan fingerprint density at radius 2 is 1.92 bits per heavy atom. The van der Waals surface area contributed by atoms with Crippen LogP contribution in [0, 0.1) is 0 Å². The molecule has 1 amide bonds. The number of rotatable bonds is 5. The lowest BCUT2D eigenvalue weighted by Gasteiger charge is -2.07. The van der Waals surface area contributed by atoms with Crippen LogP contribution in [0.5, 0.6) is 0 Å². The zero-order chi connectivity index (χ0) is 10.3. The molecule has 0 radical (unpaired) electrons.